The van der Waals surface area contributed by atoms with Crippen molar-refractivity contribution >= 4 is 11.6 Å². The zero-order valence-electron chi connectivity index (χ0n) is 15.7. The van der Waals surface area contributed by atoms with Crippen LogP contribution in [0.25, 0.3) is 11.1 Å². The van der Waals surface area contributed by atoms with E-state index in [0.29, 0.717) is 13.2 Å². The molecule has 1 aromatic carbocycles. The lowest BCUT2D eigenvalue weighted by Gasteiger charge is -2.36. The van der Waals surface area contributed by atoms with Gasteiger partial charge in [0.1, 0.15) is 5.75 Å². The molecular formula is C20H27N3O3. The molecule has 0 saturated heterocycles. The summed E-state index contributed by atoms with van der Waals surface area (Å²) in [6.45, 7) is 6.93. The van der Waals surface area contributed by atoms with Gasteiger partial charge in [0.05, 0.1) is 31.6 Å². The number of nitrogens with zero attached hydrogens (tertiary/aromatic N) is 3. The molecule has 1 aliphatic rings. The number of anilines is 1. The van der Waals surface area contributed by atoms with Crippen LogP contribution in [0, 0.1) is 0 Å². The summed E-state index contributed by atoms with van der Waals surface area (Å²) in [6, 6.07) is 4.22. The molecule has 1 unspecified atom stereocenters. The van der Waals surface area contributed by atoms with Gasteiger partial charge in [-0.3, -0.25) is 9.48 Å². The maximum absolute atomic E-state index is 12.2. The van der Waals surface area contributed by atoms with Crippen molar-refractivity contribution in [2.75, 3.05) is 18.1 Å². The summed E-state index contributed by atoms with van der Waals surface area (Å²) in [5.74, 6) is 0.912. The molecule has 1 aromatic heterocycles. The predicted molar refractivity (Wildman–Crippen MR) is 101 cm³/mol. The highest BCUT2D eigenvalue weighted by Crippen LogP contribution is 2.43. The molecule has 0 fully saturated rings. The first-order chi connectivity index (χ1) is 12.6. The minimum Gasteiger partial charge on any atom is -0.493 e. The van der Waals surface area contributed by atoms with Crippen LogP contribution < -0.4 is 9.64 Å². The molecule has 1 aliphatic heterocycles. The molecule has 6 heteroatoms. The molecule has 0 bridgehead atoms. The number of aliphatic hydroxyl groups is 1. The van der Waals surface area contributed by atoms with Crippen LogP contribution in [0.4, 0.5) is 5.69 Å². The van der Waals surface area contributed by atoms with Gasteiger partial charge in [0.2, 0.25) is 5.91 Å². The Kier molecular flexibility index (Phi) is 5.61. The fourth-order valence-corrected chi connectivity index (χ4v) is 3.61. The zero-order valence-corrected chi connectivity index (χ0v) is 15.7. The minimum atomic E-state index is 0.0515. The SMILES string of the molecule is CCCOc1c(-c2cnn(CCO)c2)ccc2c1CCC(C)N2C(C)=O. The Morgan fingerprint density at radius 1 is 1.42 bits per heavy atom. The second kappa shape index (κ2) is 7.91. The number of ether oxygens (including phenoxy) is 1. The predicted octanol–water partition coefficient (Wildman–Crippen LogP) is 3.02. The molecule has 6 nitrogen and oxygen atoms in total. The number of carbonyl (C=O) groups is 1. The largest absolute Gasteiger partial charge is 0.493 e. The van der Waals surface area contributed by atoms with Gasteiger partial charge in [-0.25, -0.2) is 0 Å². The van der Waals surface area contributed by atoms with Crippen LogP contribution >= 0.6 is 0 Å². The number of amides is 1. The van der Waals surface area contributed by atoms with E-state index in [-0.39, 0.29) is 18.6 Å². The van der Waals surface area contributed by atoms with Gasteiger partial charge >= 0.3 is 0 Å². The first-order valence-corrected chi connectivity index (χ1v) is 9.29. The third-order valence-corrected chi connectivity index (χ3v) is 4.81. The van der Waals surface area contributed by atoms with E-state index in [1.807, 2.05) is 23.2 Å². The van der Waals surface area contributed by atoms with Crippen molar-refractivity contribution in [1.29, 1.82) is 0 Å². The van der Waals surface area contributed by atoms with Gasteiger partial charge in [0.25, 0.3) is 0 Å². The number of aromatic nitrogens is 2. The van der Waals surface area contributed by atoms with E-state index in [9.17, 15) is 4.79 Å². The summed E-state index contributed by atoms with van der Waals surface area (Å²) >= 11 is 0. The van der Waals surface area contributed by atoms with E-state index in [4.69, 9.17) is 9.84 Å². The van der Waals surface area contributed by atoms with Gasteiger partial charge in [0, 0.05) is 35.9 Å². The maximum atomic E-state index is 12.2. The number of aliphatic hydroxyl groups excluding tert-OH is 1. The quantitative estimate of drug-likeness (QED) is 0.863. The van der Waals surface area contributed by atoms with Crippen LogP contribution in [-0.4, -0.2) is 40.0 Å². The number of fused-ring (bicyclic) bond motifs is 1. The molecule has 26 heavy (non-hydrogen) atoms. The van der Waals surface area contributed by atoms with Crippen molar-refractivity contribution in [2.45, 2.75) is 52.6 Å². The summed E-state index contributed by atoms with van der Waals surface area (Å²) in [7, 11) is 0. The number of carbonyl (C=O) groups excluding carboxylic acids is 1. The highest BCUT2D eigenvalue weighted by atomic mass is 16.5. The van der Waals surface area contributed by atoms with Crippen LogP contribution in [0.15, 0.2) is 24.5 Å². The normalized spacial score (nSPS) is 16.5. The second-order valence-corrected chi connectivity index (χ2v) is 6.78. The van der Waals surface area contributed by atoms with Gasteiger partial charge in [-0.2, -0.15) is 5.10 Å². The Morgan fingerprint density at radius 3 is 2.92 bits per heavy atom. The summed E-state index contributed by atoms with van der Waals surface area (Å²) in [5, 5.41) is 13.4. The molecule has 2 heterocycles. The van der Waals surface area contributed by atoms with Gasteiger partial charge < -0.3 is 14.7 Å². The first kappa shape index (κ1) is 18.5. The molecular weight excluding hydrogens is 330 g/mol. The average Bonchev–Trinajstić information content (AvgIpc) is 3.07. The topological polar surface area (TPSA) is 67.6 Å². The van der Waals surface area contributed by atoms with E-state index < -0.39 is 0 Å². The number of rotatable bonds is 6. The van der Waals surface area contributed by atoms with E-state index >= 15 is 0 Å². The fraction of sp³-hybridized carbons (Fsp3) is 0.500. The zero-order chi connectivity index (χ0) is 18.7. The van der Waals surface area contributed by atoms with Crippen molar-refractivity contribution in [1.82, 2.24) is 9.78 Å². The van der Waals surface area contributed by atoms with Crippen molar-refractivity contribution in [2.24, 2.45) is 0 Å². The molecule has 140 valence electrons. The lowest BCUT2D eigenvalue weighted by molar-refractivity contribution is -0.117. The van der Waals surface area contributed by atoms with Crippen LogP contribution in [0.5, 0.6) is 5.75 Å². The summed E-state index contributed by atoms with van der Waals surface area (Å²) in [4.78, 5) is 14.0. The highest BCUT2D eigenvalue weighted by molar-refractivity contribution is 5.95. The third kappa shape index (κ3) is 3.46. The van der Waals surface area contributed by atoms with E-state index in [0.717, 1.165) is 47.4 Å². The Morgan fingerprint density at radius 2 is 2.23 bits per heavy atom. The van der Waals surface area contributed by atoms with Crippen molar-refractivity contribution < 1.29 is 14.6 Å². The molecule has 1 N–H and O–H groups in total. The second-order valence-electron chi connectivity index (χ2n) is 6.78. The maximum Gasteiger partial charge on any atom is 0.224 e. The molecule has 2 aromatic rings. The van der Waals surface area contributed by atoms with E-state index in [1.165, 1.54) is 0 Å². The van der Waals surface area contributed by atoms with Crippen LogP contribution in [-0.2, 0) is 17.8 Å². The number of benzene rings is 1. The fourth-order valence-electron chi connectivity index (χ4n) is 3.61. The van der Waals surface area contributed by atoms with Gasteiger partial charge in [-0.05, 0) is 38.3 Å². The highest BCUT2D eigenvalue weighted by Gasteiger charge is 2.29. The van der Waals surface area contributed by atoms with Gasteiger partial charge in [-0.15, -0.1) is 0 Å². The van der Waals surface area contributed by atoms with Gasteiger partial charge in [0.15, 0.2) is 0 Å². The Hall–Kier alpha value is -2.34. The number of hydrogen-bond donors (Lipinski definition) is 1. The Labute approximate surface area is 154 Å². The summed E-state index contributed by atoms with van der Waals surface area (Å²) in [6.07, 6.45) is 6.44. The molecule has 0 saturated carbocycles. The van der Waals surface area contributed by atoms with Crippen molar-refractivity contribution in [3.63, 3.8) is 0 Å². The average molecular weight is 357 g/mol. The number of hydrogen-bond acceptors (Lipinski definition) is 4. The first-order valence-electron chi connectivity index (χ1n) is 9.29. The molecule has 3 rings (SSSR count). The van der Waals surface area contributed by atoms with Crippen molar-refractivity contribution in [3.8, 4) is 16.9 Å². The third-order valence-electron chi connectivity index (χ3n) is 4.81. The molecule has 1 atom stereocenters. The molecule has 0 aliphatic carbocycles. The van der Waals surface area contributed by atoms with Crippen LogP contribution in [0.3, 0.4) is 0 Å². The lowest BCUT2D eigenvalue weighted by Crippen LogP contribution is -2.40. The molecule has 1 amide bonds. The van der Waals surface area contributed by atoms with Crippen LogP contribution in [0.1, 0.15) is 39.2 Å². The smallest absolute Gasteiger partial charge is 0.224 e. The molecule has 0 radical (unpaired) electrons. The van der Waals surface area contributed by atoms with E-state index in [2.05, 4.69) is 18.9 Å². The standard InChI is InChI=1S/C20H27N3O3/c1-4-11-26-20-17(16-12-21-22(13-16)9-10-24)7-8-19-18(20)6-5-14(2)23(19)15(3)25/h7-8,12-14,24H,4-6,9-11H2,1-3H3. The minimum absolute atomic E-state index is 0.0515. The van der Waals surface area contributed by atoms with Crippen LogP contribution in [0.2, 0.25) is 0 Å². The summed E-state index contributed by atoms with van der Waals surface area (Å²) < 4.78 is 7.87. The Bertz CT molecular complexity index is 785. The van der Waals surface area contributed by atoms with Crippen molar-refractivity contribution in [3.05, 3.63) is 30.1 Å². The lowest BCUT2D eigenvalue weighted by atomic mass is 9.92. The van der Waals surface area contributed by atoms with E-state index in [1.54, 1.807) is 17.8 Å². The summed E-state index contributed by atoms with van der Waals surface area (Å²) in [5.41, 5.74) is 3.99. The monoisotopic (exact) mass is 357 g/mol. The Balaban J connectivity index is 2.09. The molecule has 0 spiro atoms. The van der Waals surface area contributed by atoms with Gasteiger partial charge in [-0.1, -0.05) is 6.92 Å².